The van der Waals surface area contributed by atoms with E-state index in [1.807, 2.05) is 54.0 Å². The molecule has 0 aliphatic heterocycles. The van der Waals surface area contributed by atoms with Gasteiger partial charge in [-0.3, -0.25) is 9.78 Å². The Hall–Kier alpha value is -2.19. The Balaban J connectivity index is 1.68. The average molecular weight is 418 g/mol. The average Bonchev–Trinajstić information content (AvgIpc) is 3.05. The summed E-state index contributed by atoms with van der Waals surface area (Å²) >= 11 is 4.77. The lowest BCUT2D eigenvalue weighted by atomic mass is 10.3. The number of carbonyl (C=O) groups excluding carboxylic acids is 1. The number of carbonyl (C=O) groups is 1. The van der Waals surface area contributed by atoms with E-state index in [-0.39, 0.29) is 11.7 Å². The van der Waals surface area contributed by atoms with Crippen molar-refractivity contribution in [3.05, 3.63) is 53.1 Å². The second kappa shape index (κ2) is 8.26. The maximum atomic E-state index is 12.2. The lowest BCUT2D eigenvalue weighted by molar-refractivity contribution is -0.113. The monoisotopic (exact) mass is 417 g/mol. The van der Waals surface area contributed by atoms with Gasteiger partial charge in [-0.05, 0) is 47.1 Å². The Kier molecular flexibility index (Phi) is 5.83. The number of nitrogens with one attached hydrogen (secondary N) is 1. The van der Waals surface area contributed by atoms with Crippen molar-refractivity contribution in [3.8, 4) is 11.5 Å². The molecule has 0 fully saturated rings. The van der Waals surface area contributed by atoms with Gasteiger partial charge in [-0.2, -0.15) is 0 Å². The fourth-order valence-electron chi connectivity index (χ4n) is 2.24. The molecule has 6 nitrogen and oxygen atoms in total. The number of hydrogen-bond acceptors (Lipinski definition) is 5. The molecule has 8 heteroatoms. The van der Waals surface area contributed by atoms with Crippen molar-refractivity contribution < 1.29 is 4.79 Å². The molecule has 25 heavy (non-hydrogen) atoms. The first-order valence-corrected chi connectivity index (χ1v) is 9.48. The van der Waals surface area contributed by atoms with Gasteiger partial charge in [-0.1, -0.05) is 30.0 Å². The standard InChI is InChI=1S/C17H16BrN5OS/c1-2-23-16(14-9-5-6-10-19-14)21-22-17(23)25-11-15(24)20-13-8-4-3-7-12(13)18/h3-10H,2,11H2,1H3,(H,20,24). The van der Waals surface area contributed by atoms with E-state index in [1.165, 1.54) is 11.8 Å². The fraction of sp³-hybridized carbons (Fsp3) is 0.176. The molecule has 0 aliphatic carbocycles. The van der Waals surface area contributed by atoms with Gasteiger partial charge in [-0.15, -0.1) is 10.2 Å². The molecule has 0 saturated heterocycles. The third-order valence-corrected chi connectivity index (χ3v) is 5.07. The molecule has 0 radical (unpaired) electrons. The summed E-state index contributed by atoms with van der Waals surface area (Å²) in [5.74, 6) is 0.862. The Morgan fingerprint density at radius 1 is 1.20 bits per heavy atom. The second-order valence-corrected chi connectivity index (χ2v) is 6.88. The molecule has 1 amide bonds. The van der Waals surface area contributed by atoms with Crippen molar-refractivity contribution in [2.24, 2.45) is 0 Å². The van der Waals surface area contributed by atoms with Crippen LogP contribution in [0, 0.1) is 0 Å². The first kappa shape index (κ1) is 17.6. The zero-order chi connectivity index (χ0) is 17.6. The largest absolute Gasteiger partial charge is 0.324 e. The van der Waals surface area contributed by atoms with E-state index in [2.05, 4.69) is 36.4 Å². The molecule has 0 atom stereocenters. The van der Waals surface area contributed by atoms with E-state index in [4.69, 9.17) is 0 Å². The molecule has 3 rings (SSSR count). The molecule has 2 heterocycles. The van der Waals surface area contributed by atoms with E-state index in [0.717, 1.165) is 15.9 Å². The van der Waals surface area contributed by atoms with E-state index in [1.54, 1.807) is 6.20 Å². The quantitative estimate of drug-likeness (QED) is 0.616. The predicted molar refractivity (Wildman–Crippen MR) is 102 cm³/mol. The predicted octanol–water partition coefficient (Wildman–Crippen LogP) is 3.85. The molecule has 1 aromatic carbocycles. The van der Waals surface area contributed by atoms with E-state index in [0.29, 0.717) is 17.5 Å². The van der Waals surface area contributed by atoms with Gasteiger partial charge in [-0.25, -0.2) is 0 Å². The number of para-hydroxylation sites is 1. The number of benzene rings is 1. The van der Waals surface area contributed by atoms with E-state index < -0.39 is 0 Å². The van der Waals surface area contributed by atoms with Gasteiger partial charge >= 0.3 is 0 Å². The van der Waals surface area contributed by atoms with Crippen molar-refractivity contribution in [2.75, 3.05) is 11.1 Å². The second-order valence-electron chi connectivity index (χ2n) is 5.08. The summed E-state index contributed by atoms with van der Waals surface area (Å²) in [7, 11) is 0. The normalized spacial score (nSPS) is 10.6. The third kappa shape index (κ3) is 4.26. The molecule has 0 bridgehead atoms. The van der Waals surface area contributed by atoms with Gasteiger partial charge in [0.1, 0.15) is 5.69 Å². The van der Waals surface area contributed by atoms with Crippen molar-refractivity contribution in [3.63, 3.8) is 0 Å². The molecule has 128 valence electrons. The topological polar surface area (TPSA) is 72.7 Å². The van der Waals surface area contributed by atoms with Gasteiger partial charge in [0.05, 0.1) is 11.4 Å². The first-order valence-electron chi connectivity index (χ1n) is 7.71. The van der Waals surface area contributed by atoms with Crippen molar-refractivity contribution in [1.82, 2.24) is 19.7 Å². The molecule has 0 saturated carbocycles. The Morgan fingerprint density at radius 2 is 2.00 bits per heavy atom. The lowest BCUT2D eigenvalue weighted by Gasteiger charge is -2.08. The zero-order valence-corrected chi connectivity index (χ0v) is 15.9. The number of anilines is 1. The molecule has 3 aromatic rings. The first-order chi connectivity index (χ1) is 12.2. The molecule has 2 aromatic heterocycles. The van der Waals surface area contributed by atoms with Crippen LogP contribution in [0.1, 0.15) is 6.92 Å². The minimum absolute atomic E-state index is 0.0954. The van der Waals surface area contributed by atoms with E-state index >= 15 is 0 Å². The number of thioether (sulfide) groups is 1. The van der Waals surface area contributed by atoms with Crippen LogP contribution in [-0.4, -0.2) is 31.4 Å². The van der Waals surface area contributed by atoms with Gasteiger partial charge in [0.2, 0.25) is 5.91 Å². The Bertz CT molecular complexity index is 868. The SMILES string of the molecule is CCn1c(SCC(=O)Nc2ccccc2Br)nnc1-c1ccccn1. The molecule has 1 N–H and O–H groups in total. The molecular weight excluding hydrogens is 402 g/mol. The van der Waals surface area contributed by atoms with Crippen LogP contribution in [0.3, 0.4) is 0 Å². The highest BCUT2D eigenvalue weighted by molar-refractivity contribution is 9.10. The lowest BCUT2D eigenvalue weighted by Crippen LogP contribution is -2.15. The molecule has 0 aliphatic rings. The van der Waals surface area contributed by atoms with Crippen LogP contribution in [0.25, 0.3) is 11.5 Å². The fourth-order valence-corrected chi connectivity index (χ4v) is 3.43. The van der Waals surface area contributed by atoms with Crippen molar-refractivity contribution in [1.29, 1.82) is 0 Å². The third-order valence-electron chi connectivity index (χ3n) is 3.41. The van der Waals surface area contributed by atoms with Gasteiger partial charge < -0.3 is 9.88 Å². The number of pyridine rings is 1. The summed E-state index contributed by atoms with van der Waals surface area (Å²) in [6.07, 6.45) is 1.72. The number of hydrogen-bond donors (Lipinski definition) is 1. The number of halogens is 1. The van der Waals surface area contributed by atoms with Crippen molar-refractivity contribution >= 4 is 39.3 Å². The summed E-state index contributed by atoms with van der Waals surface area (Å²) in [6.45, 7) is 2.72. The minimum atomic E-state index is -0.0954. The summed E-state index contributed by atoms with van der Waals surface area (Å²) in [6, 6.07) is 13.2. The highest BCUT2D eigenvalue weighted by atomic mass is 79.9. The van der Waals surface area contributed by atoms with Gasteiger partial charge in [0.15, 0.2) is 11.0 Å². The van der Waals surface area contributed by atoms with Crippen LogP contribution in [0.2, 0.25) is 0 Å². The highest BCUT2D eigenvalue weighted by Gasteiger charge is 2.15. The van der Waals surface area contributed by atoms with Crippen LogP contribution >= 0.6 is 27.7 Å². The van der Waals surface area contributed by atoms with Gasteiger partial charge in [0, 0.05) is 17.2 Å². The summed E-state index contributed by atoms with van der Waals surface area (Å²) in [5.41, 5.74) is 1.51. The highest BCUT2D eigenvalue weighted by Crippen LogP contribution is 2.24. The van der Waals surface area contributed by atoms with Crippen LogP contribution in [0.4, 0.5) is 5.69 Å². The van der Waals surface area contributed by atoms with Crippen LogP contribution < -0.4 is 5.32 Å². The van der Waals surface area contributed by atoms with Crippen LogP contribution in [-0.2, 0) is 11.3 Å². The molecular formula is C17H16BrN5OS. The zero-order valence-electron chi connectivity index (χ0n) is 13.5. The summed E-state index contributed by atoms with van der Waals surface area (Å²) in [4.78, 5) is 16.5. The number of rotatable bonds is 6. The molecule has 0 spiro atoms. The number of amides is 1. The summed E-state index contributed by atoms with van der Waals surface area (Å²) in [5, 5.41) is 12.0. The van der Waals surface area contributed by atoms with Gasteiger partial charge in [0.25, 0.3) is 0 Å². The maximum Gasteiger partial charge on any atom is 0.234 e. The molecule has 0 unspecified atom stereocenters. The maximum absolute atomic E-state index is 12.2. The Morgan fingerprint density at radius 3 is 2.72 bits per heavy atom. The van der Waals surface area contributed by atoms with Crippen molar-refractivity contribution in [2.45, 2.75) is 18.6 Å². The van der Waals surface area contributed by atoms with Crippen LogP contribution in [0.5, 0.6) is 0 Å². The van der Waals surface area contributed by atoms with E-state index in [9.17, 15) is 4.79 Å². The minimum Gasteiger partial charge on any atom is -0.324 e. The summed E-state index contributed by atoms with van der Waals surface area (Å²) < 4.78 is 2.81. The number of nitrogens with zero attached hydrogens (tertiary/aromatic N) is 4. The number of aromatic nitrogens is 4. The van der Waals surface area contributed by atoms with Crippen LogP contribution in [0.15, 0.2) is 58.3 Å². The smallest absolute Gasteiger partial charge is 0.234 e. The Labute approximate surface area is 158 Å².